The van der Waals surface area contributed by atoms with Crippen molar-refractivity contribution in [2.45, 2.75) is 6.92 Å². The van der Waals surface area contributed by atoms with E-state index in [-0.39, 0.29) is 11.7 Å². The maximum atomic E-state index is 12.3. The molecule has 2 aromatic carbocycles. The van der Waals surface area contributed by atoms with Gasteiger partial charge in [0.25, 0.3) is 0 Å². The Hall–Kier alpha value is -1.40. The van der Waals surface area contributed by atoms with Gasteiger partial charge < -0.3 is 5.32 Å². The van der Waals surface area contributed by atoms with Gasteiger partial charge in [0, 0.05) is 27.3 Å². The van der Waals surface area contributed by atoms with Gasteiger partial charge in [-0.25, -0.2) is 0 Å². The van der Waals surface area contributed by atoms with Crippen LogP contribution in [0.15, 0.2) is 42.5 Å². The highest BCUT2D eigenvalue weighted by molar-refractivity contribution is 14.1. The molecule has 0 heterocycles. The predicted octanol–water partition coefficient (Wildman–Crippen LogP) is 4.13. The molecule has 0 fully saturated rings. The molecule has 1 N–H and O–H groups in total. The molecule has 0 aliphatic heterocycles. The van der Waals surface area contributed by atoms with E-state index in [0.29, 0.717) is 21.8 Å². The Morgan fingerprint density at radius 2 is 1.65 bits per heavy atom. The second-order valence-electron chi connectivity index (χ2n) is 4.22. The van der Waals surface area contributed by atoms with Crippen LogP contribution < -0.4 is 5.32 Å². The van der Waals surface area contributed by atoms with Gasteiger partial charge in [-0.15, -0.1) is 0 Å². The third-order valence-electron chi connectivity index (χ3n) is 2.65. The molecule has 3 nitrogen and oxygen atoms in total. The highest BCUT2D eigenvalue weighted by Gasteiger charge is 2.10. The highest BCUT2D eigenvalue weighted by Crippen LogP contribution is 2.21. The summed E-state index contributed by atoms with van der Waals surface area (Å²) >= 11 is 8.13. The Balaban J connectivity index is 2.24. The first kappa shape index (κ1) is 15.0. The molecule has 0 aliphatic rings. The first-order chi connectivity index (χ1) is 9.47. The molecule has 102 valence electrons. The molecule has 1 amide bonds. The largest absolute Gasteiger partial charge is 0.326 e. The lowest BCUT2D eigenvalue weighted by molar-refractivity contribution is -0.114. The van der Waals surface area contributed by atoms with E-state index >= 15 is 0 Å². The van der Waals surface area contributed by atoms with E-state index in [4.69, 9.17) is 11.6 Å². The number of carbonyl (C=O) groups is 2. The summed E-state index contributed by atoms with van der Waals surface area (Å²) < 4.78 is 0.904. The van der Waals surface area contributed by atoms with E-state index < -0.39 is 0 Å². The second kappa shape index (κ2) is 6.37. The van der Waals surface area contributed by atoms with Gasteiger partial charge in [-0.1, -0.05) is 11.6 Å². The van der Waals surface area contributed by atoms with Crippen molar-refractivity contribution in [1.82, 2.24) is 0 Å². The molecule has 0 aliphatic carbocycles. The first-order valence-electron chi connectivity index (χ1n) is 5.85. The van der Waals surface area contributed by atoms with Crippen LogP contribution in [-0.4, -0.2) is 11.7 Å². The zero-order valence-electron chi connectivity index (χ0n) is 10.6. The van der Waals surface area contributed by atoms with Crippen molar-refractivity contribution in [2.75, 3.05) is 5.32 Å². The molecule has 0 bridgehead atoms. The van der Waals surface area contributed by atoms with Crippen molar-refractivity contribution in [3.63, 3.8) is 0 Å². The average Bonchev–Trinajstić information content (AvgIpc) is 2.41. The summed E-state index contributed by atoms with van der Waals surface area (Å²) in [5.74, 6) is -0.244. The second-order valence-corrected chi connectivity index (χ2v) is 5.79. The molecular formula is C15H11ClINO2. The van der Waals surface area contributed by atoms with Crippen molar-refractivity contribution < 1.29 is 9.59 Å². The van der Waals surface area contributed by atoms with Crippen LogP contribution in [-0.2, 0) is 4.79 Å². The van der Waals surface area contributed by atoms with E-state index in [2.05, 4.69) is 27.9 Å². The molecular weight excluding hydrogens is 389 g/mol. The van der Waals surface area contributed by atoms with Crippen molar-refractivity contribution in [1.29, 1.82) is 0 Å². The van der Waals surface area contributed by atoms with Gasteiger partial charge in [0.2, 0.25) is 5.91 Å². The normalized spacial score (nSPS) is 10.2. The fourth-order valence-corrected chi connectivity index (χ4v) is 2.23. The molecule has 2 aromatic rings. The number of ketones is 1. The monoisotopic (exact) mass is 399 g/mol. The first-order valence-corrected chi connectivity index (χ1v) is 7.30. The average molecular weight is 400 g/mol. The minimum Gasteiger partial charge on any atom is -0.326 e. The minimum absolute atomic E-state index is 0.0994. The Labute approximate surface area is 135 Å². The van der Waals surface area contributed by atoms with Crippen LogP contribution in [0.5, 0.6) is 0 Å². The van der Waals surface area contributed by atoms with Gasteiger partial charge in [0.1, 0.15) is 0 Å². The Kier molecular flexibility index (Phi) is 4.77. The fraction of sp³-hybridized carbons (Fsp3) is 0.0667. The van der Waals surface area contributed by atoms with Crippen LogP contribution in [0.1, 0.15) is 22.8 Å². The predicted molar refractivity (Wildman–Crippen MR) is 88.3 cm³/mol. The molecule has 2 rings (SSSR count). The molecule has 0 saturated heterocycles. The standard InChI is InChI=1S/C15H11ClINO2/c1-9(19)18-12-5-2-10(3-6-12)15(20)11-4-7-14(17)13(16)8-11/h2-8H,1H3,(H,18,19). The number of rotatable bonds is 3. The van der Waals surface area contributed by atoms with Crippen LogP contribution in [0.2, 0.25) is 5.02 Å². The van der Waals surface area contributed by atoms with E-state index in [1.165, 1.54) is 6.92 Å². The van der Waals surface area contributed by atoms with E-state index in [1.54, 1.807) is 36.4 Å². The Bertz CT molecular complexity index is 668. The Morgan fingerprint density at radius 1 is 1.05 bits per heavy atom. The lowest BCUT2D eigenvalue weighted by Crippen LogP contribution is -2.06. The third-order valence-corrected chi connectivity index (χ3v) is 4.22. The number of carbonyl (C=O) groups excluding carboxylic acids is 2. The smallest absolute Gasteiger partial charge is 0.221 e. The van der Waals surface area contributed by atoms with Gasteiger partial charge in [0.15, 0.2) is 5.78 Å². The molecule has 0 spiro atoms. The quantitative estimate of drug-likeness (QED) is 0.623. The van der Waals surface area contributed by atoms with E-state index in [9.17, 15) is 9.59 Å². The summed E-state index contributed by atoms with van der Waals surface area (Å²) in [6.07, 6.45) is 0. The molecule has 0 aromatic heterocycles. The van der Waals surface area contributed by atoms with Crippen LogP contribution in [0.25, 0.3) is 0 Å². The van der Waals surface area contributed by atoms with Crippen molar-refractivity contribution >= 4 is 51.6 Å². The van der Waals surface area contributed by atoms with Crippen molar-refractivity contribution in [3.8, 4) is 0 Å². The van der Waals surface area contributed by atoms with Crippen molar-refractivity contribution in [3.05, 3.63) is 62.2 Å². The van der Waals surface area contributed by atoms with Crippen molar-refractivity contribution in [2.24, 2.45) is 0 Å². The number of amides is 1. The lowest BCUT2D eigenvalue weighted by Gasteiger charge is -2.05. The third kappa shape index (κ3) is 3.58. The highest BCUT2D eigenvalue weighted by atomic mass is 127. The minimum atomic E-state index is -0.145. The van der Waals surface area contributed by atoms with Gasteiger partial charge in [-0.05, 0) is 65.1 Å². The van der Waals surface area contributed by atoms with E-state index in [1.807, 2.05) is 6.07 Å². The molecule has 0 saturated carbocycles. The summed E-state index contributed by atoms with van der Waals surface area (Å²) in [4.78, 5) is 23.2. The lowest BCUT2D eigenvalue weighted by atomic mass is 10.0. The number of benzene rings is 2. The number of anilines is 1. The van der Waals surface area contributed by atoms with Crippen LogP contribution in [0.4, 0.5) is 5.69 Å². The Morgan fingerprint density at radius 3 is 2.20 bits per heavy atom. The topological polar surface area (TPSA) is 46.2 Å². The number of halogens is 2. The van der Waals surface area contributed by atoms with Crippen LogP contribution >= 0.6 is 34.2 Å². The maximum absolute atomic E-state index is 12.3. The summed E-state index contributed by atoms with van der Waals surface area (Å²) in [5, 5.41) is 3.22. The van der Waals surface area contributed by atoms with Gasteiger partial charge in [0.05, 0.1) is 5.02 Å². The molecule has 0 atom stereocenters. The molecule has 5 heteroatoms. The summed E-state index contributed by atoms with van der Waals surface area (Å²) in [5.41, 5.74) is 1.76. The van der Waals surface area contributed by atoms with Gasteiger partial charge in [-0.3, -0.25) is 9.59 Å². The number of nitrogens with one attached hydrogen (secondary N) is 1. The SMILES string of the molecule is CC(=O)Nc1ccc(C(=O)c2ccc(I)c(Cl)c2)cc1. The van der Waals surface area contributed by atoms with Gasteiger partial charge in [-0.2, -0.15) is 0 Å². The fourth-order valence-electron chi connectivity index (χ4n) is 1.71. The van der Waals surface area contributed by atoms with E-state index in [0.717, 1.165) is 3.57 Å². The summed E-state index contributed by atoms with van der Waals surface area (Å²) in [6.45, 7) is 1.44. The number of hydrogen-bond donors (Lipinski definition) is 1. The maximum Gasteiger partial charge on any atom is 0.221 e. The number of hydrogen-bond acceptors (Lipinski definition) is 2. The summed E-state index contributed by atoms with van der Waals surface area (Å²) in [6, 6.07) is 12.0. The zero-order valence-corrected chi connectivity index (χ0v) is 13.5. The molecule has 0 radical (unpaired) electrons. The summed E-state index contributed by atoms with van der Waals surface area (Å²) in [7, 11) is 0. The molecule has 20 heavy (non-hydrogen) atoms. The van der Waals surface area contributed by atoms with Gasteiger partial charge >= 0.3 is 0 Å². The molecule has 0 unspecified atom stereocenters. The van der Waals surface area contributed by atoms with Crippen LogP contribution in [0, 0.1) is 3.57 Å². The van der Waals surface area contributed by atoms with Crippen LogP contribution in [0.3, 0.4) is 0 Å². The zero-order chi connectivity index (χ0) is 14.7.